The molecular weight excluding hydrogens is 202 g/mol. The van der Waals surface area contributed by atoms with Crippen LogP contribution in [0.4, 0.5) is 0 Å². The van der Waals surface area contributed by atoms with Gasteiger partial charge in [0.2, 0.25) is 5.91 Å². The second-order valence-electron chi connectivity index (χ2n) is 4.46. The zero-order chi connectivity index (χ0) is 10.9. The van der Waals surface area contributed by atoms with Gasteiger partial charge in [-0.3, -0.25) is 4.79 Å². The van der Waals surface area contributed by atoms with E-state index in [4.69, 9.17) is 16.3 Å². The third-order valence-corrected chi connectivity index (χ3v) is 3.34. The van der Waals surface area contributed by atoms with Crippen LogP contribution in [-0.4, -0.2) is 30.5 Å². The Balaban J connectivity index is 2.47. The summed E-state index contributed by atoms with van der Waals surface area (Å²) in [6, 6.07) is 0.182. The molecule has 1 aliphatic carbocycles. The van der Waals surface area contributed by atoms with Crippen LogP contribution in [0.1, 0.15) is 27.2 Å². The molecule has 4 heteroatoms. The second-order valence-corrected chi connectivity index (χ2v) is 5.11. The van der Waals surface area contributed by atoms with E-state index in [-0.39, 0.29) is 23.5 Å². The lowest BCUT2D eigenvalue weighted by atomic mass is 9.64. The Morgan fingerprint density at radius 3 is 2.57 bits per heavy atom. The smallest absolute Gasteiger partial charge is 0.238 e. The Hall–Kier alpha value is -0.280. The van der Waals surface area contributed by atoms with Crippen molar-refractivity contribution < 1.29 is 9.53 Å². The lowest BCUT2D eigenvalue weighted by Gasteiger charge is -2.51. The third kappa shape index (κ3) is 2.04. The van der Waals surface area contributed by atoms with Crippen LogP contribution in [0.15, 0.2) is 0 Å². The Labute approximate surface area is 90.1 Å². The van der Waals surface area contributed by atoms with Gasteiger partial charge in [-0.1, -0.05) is 13.8 Å². The third-order valence-electron chi connectivity index (χ3n) is 3.14. The van der Waals surface area contributed by atoms with Crippen LogP contribution < -0.4 is 5.32 Å². The van der Waals surface area contributed by atoms with Gasteiger partial charge in [0.05, 0.1) is 6.10 Å². The maximum Gasteiger partial charge on any atom is 0.238 e. The number of carbonyl (C=O) groups excluding carboxylic acids is 1. The maximum absolute atomic E-state index is 11.3. The molecule has 0 radical (unpaired) electrons. The number of hydrogen-bond donors (Lipinski definition) is 1. The Morgan fingerprint density at radius 2 is 2.21 bits per heavy atom. The van der Waals surface area contributed by atoms with Crippen molar-refractivity contribution in [2.75, 3.05) is 7.11 Å². The zero-order valence-corrected chi connectivity index (χ0v) is 9.89. The van der Waals surface area contributed by atoms with E-state index in [0.717, 1.165) is 6.42 Å². The molecule has 0 bridgehead atoms. The van der Waals surface area contributed by atoms with Crippen LogP contribution in [0.2, 0.25) is 0 Å². The number of ether oxygens (including phenoxy) is 1. The maximum atomic E-state index is 11.3. The fraction of sp³-hybridized carbons (Fsp3) is 0.900. The Bertz CT molecular complexity index is 228. The lowest BCUT2D eigenvalue weighted by Crippen LogP contribution is -2.62. The van der Waals surface area contributed by atoms with Crippen molar-refractivity contribution in [1.29, 1.82) is 0 Å². The van der Waals surface area contributed by atoms with Crippen LogP contribution in [0.3, 0.4) is 0 Å². The molecule has 1 aliphatic rings. The average Bonchev–Trinajstić information content (AvgIpc) is 2.10. The summed E-state index contributed by atoms with van der Waals surface area (Å²) < 4.78 is 5.29. The summed E-state index contributed by atoms with van der Waals surface area (Å²) in [5, 5.41) is 2.45. The van der Waals surface area contributed by atoms with Gasteiger partial charge in [0.25, 0.3) is 0 Å². The number of rotatable bonds is 3. The van der Waals surface area contributed by atoms with E-state index in [1.165, 1.54) is 0 Å². The quantitative estimate of drug-likeness (QED) is 0.732. The van der Waals surface area contributed by atoms with Crippen LogP contribution in [0.25, 0.3) is 0 Å². The predicted octanol–water partition coefficient (Wildman–Crippen LogP) is 1.54. The van der Waals surface area contributed by atoms with E-state index in [0.29, 0.717) is 0 Å². The highest BCUT2D eigenvalue weighted by atomic mass is 35.5. The highest BCUT2D eigenvalue weighted by Gasteiger charge is 2.49. The van der Waals surface area contributed by atoms with Crippen LogP contribution in [0.5, 0.6) is 0 Å². The number of alkyl halides is 1. The normalized spacial score (nSPS) is 31.8. The van der Waals surface area contributed by atoms with E-state index in [1.54, 1.807) is 14.0 Å². The van der Waals surface area contributed by atoms with Crippen molar-refractivity contribution >= 4 is 17.5 Å². The van der Waals surface area contributed by atoms with Crippen LogP contribution >= 0.6 is 11.6 Å². The Kier molecular flexibility index (Phi) is 3.43. The van der Waals surface area contributed by atoms with Crippen molar-refractivity contribution in [2.45, 2.75) is 44.7 Å². The van der Waals surface area contributed by atoms with Gasteiger partial charge in [-0.2, -0.15) is 0 Å². The summed E-state index contributed by atoms with van der Waals surface area (Å²) in [5.74, 6) is -0.0979. The first-order valence-electron chi connectivity index (χ1n) is 4.86. The van der Waals surface area contributed by atoms with E-state index in [9.17, 15) is 4.79 Å². The number of nitrogens with one attached hydrogen (secondary N) is 1. The van der Waals surface area contributed by atoms with Gasteiger partial charge in [-0.25, -0.2) is 0 Å². The van der Waals surface area contributed by atoms with Crippen molar-refractivity contribution in [1.82, 2.24) is 5.32 Å². The molecule has 3 atom stereocenters. The second kappa shape index (κ2) is 4.07. The predicted molar refractivity (Wildman–Crippen MR) is 56.4 cm³/mol. The minimum absolute atomic E-state index is 0.0101. The molecule has 0 aromatic carbocycles. The molecule has 0 aliphatic heterocycles. The van der Waals surface area contributed by atoms with Gasteiger partial charge in [0.15, 0.2) is 0 Å². The van der Waals surface area contributed by atoms with Crippen molar-refractivity contribution in [3.05, 3.63) is 0 Å². The van der Waals surface area contributed by atoms with Gasteiger partial charge in [-0.15, -0.1) is 11.6 Å². The summed E-state index contributed by atoms with van der Waals surface area (Å²) in [6.45, 7) is 5.86. The van der Waals surface area contributed by atoms with E-state index in [2.05, 4.69) is 19.2 Å². The molecule has 82 valence electrons. The molecule has 1 N–H and O–H groups in total. The molecule has 0 heterocycles. The highest BCUT2D eigenvalue weighted by molar-refractivity contribution is 6.30. The first kappa shape index (κ1) is 11.8. The molecule has 1 saturated carbocycles. The number of halogens is 1. The van der Waals surface area contributed by atoms with E-state index >= 15 is 0 Å². The molecule has 3 unspecified atom stereocenters. The molecule has 3 nitrogen and oxygen atoms in total. The first-order chi connectivity index (χ1) is 6.39. The molecule has 0 saturated heterocycles. The zero-order valence-electron chi connectivity index (χ0n) is 9.13. The van der Waals surface area contributed by atoms with Gasteiger partial charge < -0.3 is 10.1 Å². The summed E-state index contributed by atoms with van der Waals surface area (Å²) in [4.78, 5) is 11.3. The number of methoxy groups -OCH3 is 1. The molecule has 1 amide bonds. The van der Waals surface area contributed by atoms with Gasteiger partial charge in [-0.05, 0) is 13.3 Å². The number of hydrogen-bond acceptors (Lipinski definition) is 2. The first-order valence-corrected chi connectivity index (χ1v) is 5.30. The molecule has 0 aromatic rings. The number of carbonyl (C=O) groups is 1. The fourth-order valence-corrected chi connectivity index (χ4v) is 1.88. The molecule has 0 spiro atoms. The number of amides is 1. The molecule has 14 heavy (non-hydrogen) atoms. The summed E-state index contributed by atoms with van der Waals surface area (Å²) in [7, 11) is 1.70. The lowest BCUT2D eigenvalue weighted by molar-refractivity contribution is -0.132. The van der Waals surface area contributed by atoms with Crippen LogP contribution in [-0.2, 0) is 9.53 Å². The largest absolute Gasteiger partial charge is 0.381 e. The van der Waals surface area contributed by atoms with Gasteiger partial charge in [0, 0.05) is 18.6 Å². The van der Waals surface area contributed by atoms with Crippen molar-refractivity contribution in [3.63, 3.8) is 0 Å². The monoisotopic (exact) mass is 219 g/mol. The standard InChI is InChI=1S/C10H18ClNO2/c1-6(11)9(13)12-7-5-8(14-4)10(7,2)3/h6-8H,5H2,1-4H3,(H,12,13). The van der Waals surface area contributed by atoms with Gasteiger partial charge >= 0.3 is 0 Å². The SMILES string of the molecule is COC1CC(NC(=O)C(C)Cl)C1(C)C. The molecule has 0 aromatic heterocycles. The van der Waals surface area contributed by atoms with E-state index < -0.39 is 5.38 Å². The fourth-order valence-electron chi connectivity index (χ4n) is 1.82. The minimum atomic E-state index is -0.465. The highest BCUT2D eigenvalue weighted by Crippen LogP contribution is 2.42. The molecular formula is C10H18ClNO2. The summed E-state index contributed by atoms with van der Waals surface area (Å²) >= 11 is 5.67. The minimum Gasteiger partial charge on any atom is -0.381 e. The van der Waals surface area contributed by atoms with Crippen molar-refractivity contribution in [3.8, 4) is 0 Å². The molecule has 1 fully saturated rings. The van der Waals surface area contributed by atoms with E-state index in [1.807, 2.05) is 0 Å². The molecule has 1 rings (SSSR count). The topological polar surface area (TPSA) is 38.3 Å². The Morgan fingerprint density at radius 1 is 1.64 bits per heavy atom. The summed E-state index contributed by atoms with van der Waals surface area (Å²) in [6.07, 6.45) is 1.11. The van der Waals surface area contributed by atoms with Crippen molar-refractivity contribution in [2.24, 2.45) is 5.41 Å². The average molecular weight is 220 g/mol. The summed E-state index contributed by atoms with van der Waals surface area (Å²) in [5.41, 5.74) is 0.0101. The van der Waals surface area contributed by atoms with Gasteiger partial charge in [0.1, 0.15) is 5.38 Å². The van der Waals surface area contributed by atoms with Crippen LogP contribution in [0, 0.1) is 5.41 Å².